The molecular formula is C25H32N2O4. The maximum Gasteiger partial charge on any atom is 0.335 e. The Morgan fingerprint density at radius 3 is 2.58 bits per heavy atom. The lowest BCUT2D eigenvalue weighted by Gasteiger charge is -2.32. The predicted molar refractivity (Wildman–Crippen MR) is 122 cm³/mol. The number of benzene rings is 2. The molecule has 2 aliphatic rings. The molecule has 2 fully saturated rings. The smallest absolute Gasteiger partial charge is 0.335 e. The van der Waals surface area contributed by atoms with Crippen LogP contribution in [0.25, 0.3) is 0 Å². The normalized spacial score (nSPS) is 19.2. The molecule has 2 aromatic carbocycles. The molecule has 6 nitrogen and oxygen atoms in total. The number of carbonyl (C=O) groups is 1. The number of nitrogens with zero attached hydrogens (tertiary/aromatic N) is 1. The van der Waals surface area contributed by atoms with Gasteiger partial charge in [-0.25, -0.2) is 4.79 Å². The number of rotatable bonds is 8. The van der Waals surface area contributed by atoms with E-state index < -0.39 is 5.97 Å². The summed E-state index contributed by atoms with van der Waals surface area (Å²) in [6, 6.07) is 13.2. The van der Waals surface area contributed by atoms with Crippen molar-refractivity contribution in [2.45, 2.75) is 44.6 Å². The van der Waals surface area contributed by atoms with Crippen molar-refractivity contribution in [2.24, 2.45) is 5.92 Å². The zero-order valence-corrected chi connectivity index (χ0v) is 18.2. The van der Waals surface area contributed by atoms with Crippen molar-refractivity contribution in [1.82, 2.24) is 5.32 Å². The number of anilines is 2. The molecule has 1 unspecified atom stereocenters. The van der Waals surface area contributed by atoms with E-state index in [0.29, 0.717) is 11.5 Å². The van der Waals surface area contributed by atoms with Crippen molar-refractivity contribution in [3.63, 3.8) is 0 Å². The summed E-state index contributed by atoms with van der Waals surface area (Å²) in [5.74, 6) is 1.06. The number of hydrogen-bond acceptors (Lipinski definition) is 5. The Morgan fingerprint density at radius 2 is 1.87 bits per heavy atom. The number of piperidine rings is 1. The molecule has 0 aromatic heterocycles. The number of methoxy groups -OCH3 is 1. The number of carboxylic acids is 1. The standard InChI is InChI=1S/C25H32N2O4/c1-30-23-12-11-21(15-24(23)31-22-9-2-3-10-22)27(17-18-6-5-13-26-16-18)20-8-4-7-19(14-20)25(28)29/h4,7-8,11-12,14-15,18,22,26H,2-3,5-6,9-10,13,16-17H2,1H3,(H,28,29). The van der Waals surface area contributed by atoms with Crippen LogP contribution in [-0.4, -0.2) is 43.9 Å². The van der Waals surface area contributed by atoms with E-state index in [1.807, 2.05) is 30.3 Å². The molecule has 1 saturated heterocycles. The van der Waals surface area contributed by atoms with Gasteiger partial charge in [0.05, 0.1) is 18.8 Å². The quantitative estimate of drug-likeness (QED) is 0.631. The predicted octanol–water partition coefficient (Wildman–Crippen LogP) is 4.85. The van der Waals surface area contributed by atoms with Crippen molar-refractivity contribution in [3.05, 3.63) is 48.0 Å². The van der Waals surface area contributed by atoms with Crippen molar-refractivity contribution >= 4 is 17.3 Å². The van der Waals surface area contributed by atoms with Crippen LogP contribution in [0.2, 0.25) is 0 Å². The van der Waals surface area contributed by atoms with E-state index in [1.165, 1.54) is 12.8 Å². The number of hydrogen-bond donors (Lipinski definition) is 2. The monoisotopic (exact) mass is 424 g/mol. The summed E-state index contributed by atoms with van der Waals surface area (Å²) in [5, 5.41) is 13.0. The molecule has 1 atom stereocenters. The lowest BCUT2D eigenvalue weighted by atomic mass is 9.98. The van der Waals surface area contributed by atoms with Gasteiger partial charge in [0.1, 0.15) is 0 Å². The summed E-state index contributed by atoms with van der Waals surface area (Å²) in [4.78, 5) is 13.8. The Balaban J connectivity index is 1.68. The SMILES string of the molecule is COc1ccc(N(CC2CCCNC2)c2cccc(C(=O)O)c2)cc1OC1CCCC1. The third kappa shape index (κ3) is 5.31. The second-order valence-corrected chi connectivity index (χ2v) is 8.54. The number of carboxylic acid groups (broad SMARTS) is 1. The minimum Gasteiger partial charge on any atom is -0.493 e. The molecular weight excluding hydrogens is 392 g/mol. The third-order valence-corrected chi connectivity index (χ3v) is 6.30. The Kier molecular flexibility index (Phi) is 6.97. The van der Waals surface area contributed by atoms with Crippen LogP contribution in [0.15, 0.2) is 42.5 Å². The molecule has 1 aliphatic carbocycles. The van der Waals surface area contributed by atoms with Crippen LogP contribution < -0.4 is 19.7 Å². The third-order valence-electron chi connectivity index (χ3n) is 6.30. The first-order valence-corrected chi connectivity index (χ1v) is 11.3. The number of ether oxygens (including phenoxy) is 2. The summed E-state index contributed by atoms with van der Waals surface area (Å²) in [6.45, 7) is 2.84. The van der Waals surface area contributed by atoms with Gasteiger partial charge in [-0.05, 0) is 87.9 Å². The molecule has 2 aromatic rings. The van der Waals surface area contributed by atoms with Gasteiger partial charge < -0.3 is 24.8 Å². The van der Waals surface area contributed by atoms with E-state index in [-0.39, 0.29) is 6.10 Å². The fourth-order valence-electron chi connectivity index (χ4n) is 4.62. The lowest BCUT2D eigenvalue weighted by molar-refractivity contribution is 0.0697. The van der Waals surface area contributed by atoms with Gasteiger partial charge in [0.25, 0.3) is 0 Å². The summed E-state index contributed by atoms with van der Waals surface area (Å²) < 4.78 is 11.9. The second-order valence-electron chi connectivity index (χ2n) is 8.54. The molecule has 4 rings (SSSR count). The van der Waals surface area contributed by atoms with E-state index >= 15 is 0 Å². The van der Waals surface area contributed by atoms with Crippen LogP contribution >= 0.6 is 0 Å². The number of nitrogens with one attached hydrogen (secondary N) is 1. The van der Waals surface area contributed by atoms with E-state index in [4.69, 9.17) is 9.47 Å². The van der Waals surface area contributed by atoms with Gasteiger partial charge in [-0.15, -0.1) is 0 Å². The maximum atomic E-state index is 11.6. The first-order valence-electron chi connectivity index (χ1n) is 11.3. The molecule has 0 radical (unpaired) electrons. The molecule has 1 aliphatic heterocycles. The largest absolute Gasteiger partial charge is 0.493 e. The summed E-state index contributed by atoms with van der Waals surface area (Å²) in [6.07, 6.45) is 7.10. The second kappa shape index (κ2) is 10.1. The molecule has 6 heteroatoms. The van der Waals surface area contributed by atoms with Crippen LogP contribution in [0.5, 0.6) is 11.5 Å². The Labute approximate surface area is 184 Å². The molecule has 31 heavy (non-hydrogen) atoms. The molecule has 1 saturated carbocycles. The van der Waals surface area contributed by atoms with Crippen molar-refractivity contribution in [2.75, 3.05) is 31.6 Å². The molecule has 2 N–H and O–H groups in total. The van der Waals surface area contributed by atoms with Gasteiger partial charge in [-0.1, -0.05) is 6.07 Å². The van der Waals surface area contributed by atoms with Gasteiger partial charge in [0.15, 0.2) is 11.5 Å². The Hall–Kier alpha value is -2.73. The van der Waals surface area contributed by atoms with E-state index in [0.717, 1.165) is 68.2 Å². The van der Waals surface area contributed by atoms with Gasteiger partial charge in [0, 0.05) is 24.0 Å². The van der Waals surface area contributed by atoms with Crippen LogP contribution in [0.1, 0.15) is 48.9 Å². The van der Waals surface area contributed by atoms with E-state index in [1.54, 1.807) is 19.2 Å². The molecule has 1 heterocycles. The van der Waals surface area contributed by atoms with Gasteiger partial charge >= 0.3 is 5.97 Å². The number of aromatic carboxylic acids is 1. The van der Waals surface area contributed by atoms with Crippen molar-refractivity contribution in [1.29, 1.82) is 0 Å². The van der Waals surface area contributed by atoms with E-state index in [2.05, 4.69) is 10.2 Å². The highest BCUT2D eigenvalue weighted by molar-refractivity contribution is 5.89. The Bertz CT molecular complexity index is 889. The summed E-state index contributed by atoms with van der Waals surface area (Å²) in [7, 11) is 1.66. The highest BCUT2D eigenvalue weighted by Crippen LogP contribution is 2.38. The zero-order chi connectivity index (χ0) is 21.6. The fourth-order valence-corrected chi connectivity index (χ4v) is 4.62. The summed E-state index contributed by atoms with van der Waals surface area (Å²) >= 11 is 0. The van der Waals surface area contributed by atoms with Crippen LogP contribution in [0.3, 0.4) is 0 Å². The molecule has 0 spiro atoms. The highest BCUT2D eigenvalue weighted by atomic mass is 16.5. The Morgan fingerprint density at radius 1 is 1.06 bits per heavy atom. The minimum atomic E-state index is -0.916. The zero-order valence-electron chi connectivity index (χ0n) is 18.2. The molecule has 166 valence electrons. The van der Waals surface area contributed by atoms with Crippen LogP contribution in [0.4, 0.5) is 11.4 Å². The topological polar surface area (TPSA) is 71.0 Å². The maximum absolute atomic E-state index is 11.6. The summed E-state index contributed by atoms with van der Waals surface area (Å²) in [5.41, 5.74) is 2.16. The van der Waals surface area contributed by atoms with Crippen LogP contribution in [-0.2, 0) is 0 Å². The van der Waals surface area contributed by atoms with E-state index in [9.17, 15) is 9.90 Å². The first kappa shape index (κ1) is 21.5. The highest BCUT2D eigenvalue weighted by Gasteiger charge is 2.23. The van der Waals surface area contributed by atoms with Gasteiger partial charge in [0.2, 0.25) is 0 Å². The molecule has 0 amide bonds. The average molecular weight is 425 g/mol. The lowest BCUT2D eigenvalue weighted by Crippen LogP contribution is -2.36. The van der Waals surface area contributed by atoms with Gasteiger partial charge in [-0.2, -0.15) is 0 Å². The van der Waals surface area contributed by atoms with Gasteiger partial charge in [-0.3, -0.25) is 0 Å². The molecule has 0 bridgehead atoms. The van der Waals surface area contributed by atoms with Crippen molar-refractivity contribution < 1.29 is 19.4 Å². The van der Waals surface area contributed by atoms with Crippen molar-refractivity contribution in [3.8, 4) is 11.5 Å². The first-order chi connectivity index (χ1) is 15.1. The fraction of sp³-hybridized carbons (Fsp3) is 0.480. The minimum absolute atomic E-state index is 0.232. The average Bonchev–Trinajstić information content (AvgIpc) is 3.31. The van der Waals surface area contributed by atoms with Crippen LogP contribution in [0, 0.1) is 5.92 Å².